The Bertz CT molecular complexity index is 1220. The normalized spacial score (nSPS) is 18.6. The van der Waals surface area contributed by atoms with E-state index in [1.807, 2.05) is 30.3 Å². The van der Waals surface area contributed by atoms with E-state index in [1.165, 1.54) is 23.1 Å². The highest BCUT2D eigenvalue weighted by molar-refractivity contribution is 8.15. The summed E-state index contributed by atoms with van der Waals surface area (Å²) in [4.78, 5) is 17.1. The van der Waals surface area contributed by atoms with Crippen LogP contribution in [0.15, 0.2) is 53.6 Å². The van der Waals surface area contributed by atoms with Gasteiger partial charge in [-0.05, 0) is 43.5 Å². The lowest BCUT2D eigenvalue weighted by atomic mass is 10.0. The molecule has 1 atom stereocenters. The zero-order chi connectivity index (χ0) is 23.6. The number of nitrogens with zero attached hydrogens (tertiary/aromatic N) is 4. The summed E-state index contributed by atoms with van der Waals surface area (Å²) in [6, 6.07) is 12.4. The number of aromatic nitrogens is 2. The van der Waals surface area contributed by atoms with Crippen LogP contribution in [0.3, 0.4) is 0 Å². The van der Waals surface area contributed by atoms with Gasteiger partial charge in [-0.15, -0.1) is 10.2 Å². The highest BCUT2D eigenvalue weighted by Crippen LogP contribution is 2.53. The Morgan fingerprint density at radius 1 is 1.15 bits per heavy atom. The molecule has 0 aliphatic carbocycles. The molecule has 2 N–H and O–H groups in total. The summed E-state index contributed by atoms with van der Waals surface area (Å²) in [6.45, 7) is 1.59. The largest absolute Gasteiger partial charge is 0.469 e. The predicted molar refractivity (Wildman–Crippen MR) is 123 cm³/mol. The van der Waals surface area contributed by atoms with Gasteiger partial charge in [0.25, 0.3) is 0 Å². The monoisotopic (exact) mass is 512 g/mol. The zero-order valence-electron chi connectivity index (χ0n) is 17.3. The molecule has 0 fully saturated rings. The first-order chi connectivity index (χ1) is 15.7. The van der Waals surface area contributed by atoms with Crippen molar-refractivity contribution in [3.05, 3.63) is 76.3 Å². The fourth-order valence-corrected chi connectivity index (χ4v) is 5.97. The minimum absolute atomic E-state index is 0.00973. The zero-order valence-corrected chi connectivity index (χ0v) is 19.8. The molecule has 3 aromatic rings. The van der Waals surface area contributed by atoms with Crippen molar-refractivity contribution in [2.45, 2.75) is 24.6 Å². The number of hydrogen-bond donors (Lipinski definition) is 2. The van der Waals surface area contributed by atoms with Crippen molar-refractivity contribution in [3.63, 3.8) is 0 Å². The van der Waals surface area contributed by atoms with Gasteiger partial charge in [-0.3, -0.25) is 4.52 Å². The Balaban J connectivity index is 1.78. The van der Waals surface area contributed by atoms with Crippen LogP contribution in [0.1, 0.15) is 29.0 Å². The van der Waals surface area contributed by atoms with Crippen molar-refractivity contribution in [2.75, 3.05) is 11.6 Å². The summed E-state index contributed by atoms with van der Waals surface area (Å²) in [7, 11) is -4.62. The van der Waals surface area contributed by atoms with E-state index in [0.717, 1.165) is 23.8 Å². The summed E-state index contributed by atoms with van der Waals surface area (Å²) < 4.78 is 44.3. The maximum absolute atomic E-state index is 14.6. The van der Waals surface area contributed by atoms with E-state index in [2.05, 4.69) is 19.8 Å². The number of rotatable bonds is 8. The van der Waals surface area contributed by atoms with Crippen LogP contribution in [0.5, 0.6) is 0 Å². The minimum Gasteiger partial charge on any atom is -0.303 e. The molecule has 1 unspecified atom stereocenters. The predicted octanol–water partition coefficient (Wildman–Crippen LogP) is 4.78. The Hall–Kier alpha value is -2.21. The second-order valence-electron chi connectivity index (χ2n) is 7.12. The maximum atomic E-state index is 14.6. The molecule has 1 aliphatic rings. The van der Waals surface area contributed by atoms with Gasteiger partial charge in [0.2, 0.25) is 5.13 Å². The molecule has 0 saturated heterocycles. The minimum atomic E-state index is -4.62. The van der Waals surface area contributed by atoms with Crippen molar-refractivity contribution >= 4 is 41.1 Å². The van der Waals surface area contributed by atoms with E-state index in [0.29, 0.717) is 16.6 Å². The number of phosphoric acid groups is 1. The molecule has 0 saturated carbocycles. The lowest BCUT2D eigenvalue weighted by molar-refractivity contribution is 0.191. The van der Waals surface area contributed by atoms with Gasteiger partial charge in [0.05, 0.1) is 6.61 Å². The standard InChI is InChI=1S/C20H19F2N4O4PS2/c1-13-23-24-19(32-13)26-20(14-6-3-2-4-7-14,10-5-11-30-31(27,28)29)33-18(25-26)16-12-15(21)8-9-17(16)22/h2-4,6-9,12H,5,10-11H2,1H3,(H2,27,28,29). The smallest absolute Gasteiger partial charge is 0.303 e. The molecular formula is C20H19F2N4O4PS2. The van der Waals surface area contributed by atoms with Gasteiger partial charge < -0.3 is 9.79 Å². The van der Waals surface area contributed by atoms with Gasteiger partial charge in [-0.2, -0.15) is 5.10 Å². The first-order valence-corrected chi connectivity index (χ1v) is 12.9. The summed E-state index contributed by atoms with van der Waals surface area (Å²) in [6.07, 6.45) is 0.556. The second kappa shape index (κ2) is 9.57. The Morgan fingerprint density at radius 3 is 2.58 bits per heavy atom. The highest BCUT2D eigenvalue weighted by atomic mass is 32.2. The number of phosphoric ester groups is 1. The lowest BCUT2D eigenvalue weighted by Gasteiger charge is -2.35. The van der Waals surface area contributed by atoms with Crippen LogP contribution in [0.2, 0.25) is 0 Å². The summed E-state index contributed by atoms with van der Waals surface area (Å²) >= 11 is 2.51. The van der Waals surface area contributed by atoms with Crippen molar-refractivity contribution in [3.8, 4) is 0 Å². The van der Waals surface area contributed by atoms with Gasteiger partial charge >= 0.3 is 7.82 Å². The number of thioether (sulfide) groups is 1. The lowest BCUT2D eigenvalue weighted by Crippen LogP contribution is -2.37. The molecule has 4 rings (SSSR count). The number of anilines is 1. The van der Waals surface area contributed by atoms with E-state index < -0.39 is 24.3 Å². The van der Waals surface area contributed by atoms with Gasteiger partial charge in [0, 0.05) is 5.56 Å². The van der Waals surface area contributed by atoms with E-state index >= 15 is 0 Å². The van der Waals surface area contributed by atoms with Crippen LogP contribution in [0, 0.1) is 18.6 Å². The van der Waals surface area contributed by atoms with E-state index in [1.54, 1.807) is 11.9 Å². The quantitative estimate of drug-likeness (QED) is 0.328. The summed E-state index contributed by atoms with van der Waals surface area (Å²) in [5.74, 6) is -1.22. The Labute approximate surface area is 196 Å². The van der Waals surface area contributed by atoms with Crippen LogP contribution >= 0.6 is 30.9 Å². The van der Waals surface area contributed by atoms with Crippen molar-refractivity contribution in [1.29, 1.82) is 0 Å². The Morgan fingerprint density at radius 2 is 1.91 bits per heavy atom. The fourth-order valence-electron chi connectivity index (χ4n) is 3.41. The molecule has 2 aromatic carbocycles. The molecule has 8 nitrogen and oxygen atoms in total. The van der Waals surface area contributed by atoms with Crippen LogP contribution in [0.25, 0.3) is 0 Å². The van der Waals surface area contributed by atoms with Crippen molar-refractivity contribution in [2.24, 2.45) is 5.10 Å². The molecule has 0 radical (unpaired) electrons. The van der Waals surface area contributed by atoms with Crippen molar-refractivity contribution in [1.82, 2.24) is 10.2 Å². The van der Waals surface area contributed by atoms with Gasteiger partial charge in [0.15, 0.2) is 0 Å². The fraction of sp³-hybridized carbons (Fsp3) is 0.250. The van der Waals surface area contributed by atoms with Crippen LogP contribution in [-0.4, -0.2) is 31.6 Å². The van der Waals surface area contributed by atoms with Gasteiger partial charge in [-0.1, -0.05) is 53.4 Å². The number of aryl methyl sites for hydroxylation is 1. The Kier molecular flexibility index (Phi) is 6.94. The maximum Gasteiger partial charge on any atom is 0.469 e. The molecule has 0 spiro atoms. The first-order valence-electron chi connectivity index (χ1n) is 9.77. The number of benzene rings is 2. The first kappa shape index (κ1) is 23.9. The highest BCUT2D eigenvalue weighted by Gasteiger charge is 2.48. The van der Waals surface area contributed by atoms with E-state index in [9.17, 15) is 13.3 Å². The third-order valence-electron chi connectivity index (χ3n) is 4.80. The molecule has 2 heterocycles. The summed E-state index contributed by atoms with van der Waals surface area (Å²) in [5.41, 5.74) is 0.810. The van der Waals surface area contributed by atoms with Crippen molar-refractivity contribution < 1.29 is 27.7 Å². The topological polar surface area (TPSA) is 108 Å². The van der Waals surface area contributed by atoms with Gasteiger partial charge in [-0.25, -0.2) is 18.4 Å². The second-order valence-corrected chi connectivity index (χ2v) is 10.8. The van der Waals surface area contributed by atoms with E-state index in [-0.39, 0.29) is 23.6 Å². The molecule has 0 amide bonds. The molecule has 1 aliphatic heterocycles. The average Bonchev–Trinajstić information content (AvgIpc) is 3.37. The SMILES string of the molecule is Cc1nnc(N2N=C(c3cc(F)ccc3F)SC2(CCCOP(=O)(O)O)c2ccccc2)s1. The molecule has 0 bridgehead atoms. The van der Waals surface area contributed by atoms with Crippen LogP contribution < -0.4 is 5.01 Å². The van der Waals surface area contributed by atoms with E-state index in [4.69, 9.17) is 9.79 Å². The number of halogens is 2. The number of hydrogen-bond acceptors (Lipinski definition) is 8. The number of hydrazone groups is 1. The molecule has 13 heteroatoms. The third-order valence-corrected chi connectivity index (χ3v) is 7.58. The molecule has 1 aromatic heterocycles. The molecule has 174 valence electrons. The van der Waals surface area contributed by atoms with Crippen LogP contribution in [-0.2, 0) is 14.0 Å². The van der Waals surface area contributed by atoms with Crippen LogP contribution in [0.4, 0.5) is 13.9 Å². The molecule has 33 heavy (non-hydrogen) atoms. The third kappa shape index (κ3) is 5.32. The average molecular weight is 513 g/mol. The molecular weight excluding hydrogens is 493 g/mol. The van der Waals surface area contributed by atoms with Gasteiger partial charge in [0.1, 0.15) is 26.6 Å². The summed E-state index contributed by atoms with van der Waals surface area (Å²) in [5, 5.41) is 15.9.